The molecule has 1 rings (SSSR count). The van der Waals surface area contributed by atoms with Crippen molar-refractivity contribution < 1.29 is 13.2 Å². The number of hydrogen-bond donors (Lipinski definition) is 1. The van der Waals surface area contributed by atoms with Crippen LogP contribution in [0.15, 0.2) is 22.7 Å². The highest BCUT2D eigenvalue weighted by Gasteiger charge is 2.07. The molecule has 114 valence electrons. The predicted molar refractivity (Wildman–Crippen MR) is 86.0 cm³/mol. The Morgan fingerprint density at radius 1 is 1.30 bits per heavy atom. The number of hydrogen-bond acceptors (Lipinski definition) is 4. The lowest BCUT2D eigenvalue weighted by Crippen LogP contribution is -2.12. The summed E-state index contributed by atoms with van der Waals surface area (Å²) in [6.45, 7) is 5.89. The van der Waals surface area contributed by atoms with E-state index in [2.05, 4.69) is 28.2 Å². The van der Waals surface area contributed by atoms with Crippen molar-refractivity contribution in [1.82, 2.24) is 5.32 Å². The molecular weight excluding hydrogens is 342 g/mol. The average Bonchev–Trinajstić information content (AvgIpc) is 2.43. The molecule has 0 saturated carbocycles. The molecule has 0 atom stereocenters. The van der Waals surface area contributed by atoms with E-state index in [0.717, 1.165) is 23.3 Å². The second kappa shape index (κ2) is 8.64. The molecular formula is C14H22BrNO3S. The highest BCUT2D eigenvalue weighted by molar-refractivity contribution is 9.10. The summed E-state index contributed by atoms with van der Waals surface area (Å²) in [4.78, 5) is 0. The van der Waals surface area contributed by atoms with E-state index in [4.69, 9.17) is 4.74 Å². The fourth-order valence-electron chi connectivity index (χ4n) is 1.65. The Balaban J connectivity index is 2.44. The van der Waals surface area contributed by atoms with Crippen LogP contribution in [0.3, 0.4) is 0 Å². The minimum Gasteiger partial charge on any atom is -0.492 e. The molecule has 0 spiro atoms. The van der Waals surface area contributed by atoms with Gasteiger partial charge in [0.05, 0.1) is 16.8 Å². The van der Waals surface area contributed by atoms with Crippen LogP contribution < -0.4 is 10.1 Å². The Morgan fingerprint density at radius 2 is 2.05 bits per heavy atom. The zero-order chi connectivity index (χ0) is 15.0. The molecule has 0 aliphatic heterocycles. The van der Waals surface area contributed by atoms with E-state index in [1.165, 1.54) is 5.56 Å². The number of sulfone groups is 1. The summed E-state index contributed by atoms with van der Waals surface area (Å²) in [5.41, 5.74) is 1.18. The first-order valence-corrected chi connectivity index (χ1v) is 9.42. The fraction of sp³-hybridized carbons (Fsp3) is 0.571. The molecule has 4 nitrogen and oxygen atoms in total. The van der Waals surface area contributed by atoms with E-state index in [1.54, 1.807) is 6.92 Å². The molecule has 0 fully saturated rings. The van der Waals surface area contributed by atoms with Crippen LogP contribution in [0.5, 0.6) is 5.75 Å². The molecule has 0 unspecified atom stereocenters. The van der Waals surface area contributed by atoms with Gasteiger partial charge >= 0.3 is 0 Å². The largest absolute Gasteiger partial charge is 0.492 e. The Labute approximate surface area is 130 Å². The van der Waals surface area contributed by atoms with Gasteiger partial charge in [-0.25, -0.2) is 8.42 Å². The lowest BCUT2D eigenvalue weighted by Gasteiger charge is -2.10. The Bertz CT molecular complexity index is 517. The van der Waals surface area contributed by atoms with Crippen LogP contribution in [0.25, 0.3) is 0 Å². The molecule has 1 N–H and O–H groups in total. The smallest absolute Gasteiger partial charge is 0.150 e. The third kappa shape index (κ3) is 6.24. The molecule has 1 aromatic carbocycles. The van der Waals surface area contributed by atoms with Crippen LogP contribution in [-0.4, -0.2) is 33.1 Å². The maximum absolute atomic E-state index is 11.4. The van der Waals surface area contributed by atoms with Gasteiger partial charge in [-0.1, -0.05) is 19.9 Å². The molecule has 0 aliphatic carbocycles. The van der Waals surface area contributed by atoms with Gasteiger partial charge in [0, 0.05) is 12.3 Å². The second-order valence-corrected chi connectivity index (χ2v) is 7.81. The normalized spacial score (nSPS) is 11.6. The van der Waals surface area contributed by atoms with Crippen molar-refractivity contribution in [1.29, 1.82) is 0 Å². The molecule has 20 heavy (non-hydrogen) atoms. The number of benzene rings is 1. The summed E-state index contributed by atoms with van der Waals surface area (Å²) < 4.78 is 29.2. The summed E-state index contributed by atoms with van der Waals surface area (Å²) in [7, 11) is -2.90. The lowest BCUT2D eigenvalue weighted by atomic mass is 10.2. The number of ether oxygens (including phenoxy) is 1. The van der Waals surface area contributed by atoms with E-state index in [9.17, 15) is 8.42 Å². The molecule has 0 radical (unpaired) electrons. The van der Waals surface area contributed by atoms with Crippen molar-refractivity contribution >= 4 is 25.8 Å². The number of halogens is 1. The van der Waals surface area contributed by atoms with Gasteiger partial charge in [-0.05, 0) is 46.6 Å². The first kappa shape index (κ1) is 17.5. The van der Waals surface area contributed by atoms with Crippen molar-refractivity contribution in [2.45, 2.75) is 26.8 Å². The third-order valence-corrected chi connectivity index (χ3v) is 5.28. The third-order valence-electron chi connectivity index (χ3n) is 2.87. The maximum atomic E-state index is 11.4. The second-order valence-electron chi connectivity index (χ2n) is 4.48. The molecule has 0 aromatic heterocycles. The van der Waals surface area contributed by atoms with E-state index < -0.39 is 9.84 Å². The Kier molecular flexibility index (Phi) is 7.55. The van der Waals surface area contributed by atoms with Crippen LogP contribution >= 0.6 is 15.9 Å². The van der Waals surface area contributed by atoms with Crippen LogP contribution in [0.1, 0.15) is 25.8 Å². The van der Waals surface area contributed by atoms with Gasteiger partial charge in [0.15, 0.2) is 0 Å². The van der Waals surface area contributed by atoms with E-state index >= 15 is 0 Å². The van der Waals surface area contributed by atoms with Gasteiger partial charge in [0.1, 0.15) is 15.6 Å². The van der Waals surface area contributed by atoms with Crippen molar-refractivity contribution in [2.24, 2.45) is 0 Å². The van der Waals surface area contributed by atoms with E-state index in [-0.39, 0.29) is 11.5 Å². The first-order chi connectivity index (χ1) is 9.48. The summed E-state index contributed by atoms with van der Waals surface area (Å²) in [5.74, 6) is 1.12. The molecule has 0 bridgehead atoms. The highest BCUT2D eigenvalue weighted by Crippen LogP contribution is 2.26. The van der Waals surface area contributed by atoms with Crippen molar-refractivity contribution in [3.05, 3.63) is 28.2 Å². The van der Waals surface area contributed by atoms with E-state index in [0.29, 0.717) is 13.0 Å². The van der Waals surface area contributed by atoms with Crippen LogP contribution in [0, 0.1) is 0 Å². The number of nitrogens with one attached hydrogen (secondary N) is 1. The minimum absolute atomic E-state index is 0.180. The van der Waals surface area contributed by atoms with Crippen molar-refractivity contribution in [3.63, 3.8) is 0 Å². The van der Waals surface area contributed by atoms with Gasteiger partial charge < -0.3 is 10.1 Å². The van der Waals surface area contributed by atoms with Crippen LogP contribution in [-0.2, 0) is 16.4 Å². The summed E-state index contributed by atoms with van der Waals surface area (Å²) in [6.07, 6.45) is 0.516. The highest BCUT2D eigenvalue weighted by atomic mass is 79.9. The molecule has 0 saturated heterocycles. The van der Waals surface area contributed by atoms with Gasteiger partial charge in [0.2, 0.25) is 0 Å². The zero-order valence-corrected chi connectivity index (χ0v) is 14.4. The zero-order valence-electron chi connectivity index (χ0n) is 12.0. The number of rotatable bonds is 9. The lowest BCUT2D eigenvalue weighted by molar-refractivity contribution is 0.315. The standard InChI is InChI=1S/C14H22BrNO3S/c1-3-16-11-12-6-7-14(13(15)10-12)19-8-5-9-20(17,18)4-2/h6-7,10,16H,3-5,8-9,11H2,1-2H3. The predicted octanol–water partition coefficient (Wildman–Crippen LogP) is 2.76. The fourth-order valence-corrected chi connectivity index (χ4v) is 3.03. The molecule has 0 aliphatic rings. The maximum Gasteiger partial charge on any atom is 0.150 e. The topological polar surface area (TPSA) is 55.4 Å². The monoisotopic (exact) mass is 363 g/mol. The quantitative estimate of drug-likeness (QED) is 0.685. The molecule has 0 amide bonds. The van der Waals surface area contributed by atoms with Crippen molar-refractivity contribution in [3.8, 4) is 5.75 Å². The Hall–Kier alpha value is -0.590. The summed E-state index contributed by atoms with van der Waals surface area (Å²) >= 11 is 3.47. The van der Waals surface area contributed by atoms with Crippen LogP contribution in [0.2, 0.25) is 0 Å². The average molecular weight is 364 g/mol. The van der Waals surface area contributed by atoms with Crippen molar-refractivity contribution in [2.75, 3.05) is 24.7 Å². The minimum atomic E-state index is -2.90. The first-order valence-electron chi connectivity index (χ1n) is 6.81. The van der Waals surface area contributed by atoms with Gasteiger partial charge in [-0.15, -0.1) is 0 Å². The SMILES string of the molecule is CCNCc1ccc(OCCCS(=O)(=O)CC)c(Br)c1. The molecule has 0 heterocycles. The van der Waals surface area contributed by atoms with Gasteiger partial charge in [-0.3, -0.25) is 0 Å². The van der Waals surface area contributed by atoms with Crippen LogP contribution in [0.4, 0.5) is 0 Å². The molecule has 1 aromatic rings. The summed E-state index contributed by atoms with van der Waals surface area (Å²) in [6, 6.07) is 5.93. The van der Waals surface area contributed by atoms with E-state index in [1.807, 2.05) is 18.2 Å². The summed E-state index contributed by atoms with van der Waals surface area (Å²) in [5, 5.41) is 3.26. The van der Waals surface area contributed by atoms with Gasteiger partial charge in [0.25, 0.3) is 0 Å². The van der Waals surface area contributed by atoms with Gasteiger partial charge in [-0.2, -0.15) is 0 Å². The molecule has 6 heteroatoms. The Morgan fingerprint density at radius 3 is 2.65 bits per heavy atom.